The fraction of sp³-hybridized carbons (Fsp3) is 0.667. The van der Waals surface area contributed by atoms with Crippen LogP contribution in [0.1, 0.15) is 44.1 Å². The Balaban J connectivity index is 1.40. The molecule has 0 bridgehead atoms. The van der Waals surface area contributed by atoms with E-state index in [-0.39, 0.29) is 42.9 Å². The number of nitrogens with one attached hydrogen (secondary N) is 2. The number of nitrogens with zero attached hydrogens (tertiary/aromatic N) is 1. The zero-order valence-corrected chi connectivity index (χ0v) is 18.7. The first kappa shape index (κ1) is 23.0. The van der Waals surface area contributed by atoms with Crippen LogP contribution < -0.4 is 10.6 Å². The summed E-state index contributed by atoms with van der Waals surface area (Å²) in [5, 5.41) is 6.49. The number of hydrogen-bond acceptors (Lipinski definition) is 6. The van der Waals surface area contributed by atoms with Crippen molar-refractivity contribution in [3.8, 4) is 0 Å². The Bertz CT molecular complexity index is 734. The van der Waals surface area contributed by atoms with Crippen LogP contribution in [0.25, 0.3) is 0 Å². The van der Waals surface area contributed by atoms with Crippen LogP contribution >= 0.6 is 0 Å². The van der Waals surface area contributed by atoms with Gasteiger partial charge in [0.2, 0.25) is 5.91 Å². The third-order valence-corrected chi connectivity index (χ3v) is 6.56. The van der Waals surface area contributed by atoms with E-state index in [0.717, 1.165) is 57.2 Å². The van der Waals surface area contributed by atoms with E-state index >= 15 is 0 Å². The van der Waals surface area contributed by atoms with Gasteiger partial charge < -0.3 is 29.7 Å². The Morgan fingerprint density at radius 3 is 2.66 bits per heavy atom. The minimum absolute atomic E-state index is 0.0844. The van der Waals surface area contributed by atoms with Gasteiger partial charge in [-0.3, -0.25) is 4.79 Å². The number of rotatable bonds is 7. The number of ether oxygens (including phenoxy) is 3. The molecule has 8 heteroatoms. The summed E-state index contributed by atoms with van der Waals surface area (Å²) in [5.74, 6) is -0.0844. The number of likely N-dealkylation sites (tertiary alicyclic amines) is 1. The molecule has 3 saturated heterocycles. The molecule has 0 aliphatic carbocycles. The molecule has 0 spiro atoms. The highest BCUT2D eigenvalue weighted by atomic mass is 16.6. The number of carbonyl (C=O) groups excluding carboxylic acids is 2. The van der Waals surface area contributed by atoms with Crippen molar-refractivity contribution in [1.29, 1.82) is 0 Å². The van der Waals surface area contributed by atoms with Gasteiger partial charge in [0, 0.05) is 13.2 Å². The monoisotopic (exact) mass is 445 g/mol. The van der Waals surface area contributed by atoms with E-state index in [2.05, 4.69) is 10.6 Å². The van der Waals surface area contributed by atoms with E-state index < -0.39 is 0 Å². The second-order valence-electron chi connectivity index (χ2n) is 8.84. The maximum Gasteiger partial charge on any atom is 0.410 e. The first-order chi connectivity index (χ1) is 15.7. The molecule has 8 nitrogen and oxygen atoms in total. The topological polar surface area (TPSA) is 89.1 Å². The molecule has 2 amide bonds. The summed E-state index contributed by atoms with van der Waals surface area (Å²) >= 11 is 0. The average molecular weight is 446 g/mol. The van der Waals surface area contributed by atoms with E-state index in [0.29, 0.717) is 19.8 Å². The lowest BCUT2D eigenvalue weighted by Gasteiger charge is -2.41. The predicted molar refractivity (Wildman–Crippen MR) is 119 cm³/mol. The SMILES string of the molecule is O=C(NC1CCCN(C(=O)OCc2ccccc2)C1COC1CCNCC1)[C@@H]1CCCO1. The van der Waals surface area contributed by atoms with Crippen molar-refractivity contribution in [1.82, 2.24) is 15.5 Å². The van der Waals surface area contributed by atoms with Gasteiger partial charge in [0.15, 0.2) is 0 Å². The third-order valence-electron chi connectivity index (χ3n) is 6.56. The van der Waals surface area contributed by atoms with Crippen LogP contribution in [0, 0.1) is 0 Å². The average Bonchev–Trinajstić information content (AvgIpc) is 3.38. The fourth-order valence-electron chi connectivity index (χ4n) is 4.72. The van der Waals surface area contributed by atoms with Crippen LogP contribution in [0.2, 0.25) is 0 Å². The smallest absolute Gasteiger partial charge is 0.410 e. The van der Waals surface area contributed by atoms with Crippen LogP contribution in [0.5, 0.6) is 0 Å². The van der Waals surface area contributed by atoms with Crippen molar-refractivity contribution in [2.24, 2.45) is 0 Å². The standard InChI is InChI=1S/C24H35N3O5/c28-23(22-9-5-15-30-22)26-20-8-4-14-27(21(20)17-31-19-10-12-25-13-11-19)24(29)32-16-18-6-2-1-3-7-18/h1-3,6-7,19-22,25H,4-5,8-17H2,(H,26,28)/t20?,21?,22-/m0/s1. The Morgan fingerprint density at radius 2 is 1.91 bits per heavy atom. The lowest BCUT2D eigenvalue weighted by Crippen LogP contribution is -2.60. The first-order valence-corrected chi connectivity index (χ1v) is 11.9. The molecule has 0 saturated carbocycles. The Labute approximate surface area is 190 Å². The van der Waals surface area contributed by atoms with E-state index in [1.54, 1.807) is 4.90 Å². The van der Waals surface area contributed by atoms with Gasteiger partial charge in [-0.2, -0.15) is 0 Å². The highest BCUT2D eigenvalue weighted by molar-refractivity contribution is 5.81. The lowest BCUT2D eigenvalue weighted by atomic mass is 9.96. The normalized spacial score (nSPS) is 26.6. The van der Waals surface area contributed by atoms with Gasteiger partial charge in [-0.25, -0.2) is 4.79 Å². The first-order valence-electron chi connectivity index (χ1n) is 11.9. The molecule has 1 aromatic carbocycles. The Kier molecular flexibility index (Phi) is 8.36. The van der Waals surface area contributed by atoms with E-state index in [1.165, 1.54) is 0 Å². The van der Waals surface area contributed by atoms with Crippen LogP contribution in [0.3, 0.4) is 0 Å². The van der Waals surface area contributed by atoms with Gasteiger partial charge in [-0.1, -0.05) is 30.3 Å². The second-order valence-corrected chi connectivity index (χ2v) is 8.84. The molecular weight excluding hydrogens is 410 g/mol. The summed E-state index contributed by atoms with van der Waals surface area (Å²) in [4.78, 5) is 27.5. The molecule has 2 unspecified atom stereocenters. The van der Waals surface area contributed by atoms with Crippen LogP contribution in [0.4, 0.5) is 4.79 Å². The Hall–Kier alpha value is -2.16. The minimum Gasteiger partial charge on any atom is -0.445 e. The van der Waals surface area contributed by atoms with Gasteiger partial charge in [0.25, 0.3) is 0 Å². The molecule has 3 aliphatic heterocycles. The molecule has 1 aromatic rings. The molecule has 0 aromatic heterocycles. The summed E-state index contributed by atoms with van der Waals surface area (Å²) in [6.07, 6.45) is 4.61. The zero-order valence-electron chi connectivity index (χ0n) is 18.7. The highest BCUT2D eigenvalue weighted by Gasteiger charge is 2.38. The number of piperidine rings is 2. The fourth-order valence-corrected chi connectivity index (χ4v) is 4.72. The largest absolute Gasteiger partial charge is 0.445 e. The molecule has 4 rings (SSSR count). The van der Waals surface area contributed by atoms with Gasteiger partial charge >= 0.3 is 6.09 Å². The van der Waals surface area contributed by atoms with Gasteiger partial charge in [0.05, 0.1) is 24.8 Å². The number of hydrogen-bond donors (Lipinski definition) is 2. The highest BCUT2D eigenvalue weighted by Crippen LogP contribution is 2.22. The molecule has 3 aliphatic rings. The molecular formula is C24H35N3O5. The molecule has 2 N–H and O–H groups in total. The van der Waals surface area contributed by atoms with Crippen molar-refractivity contribution in [3.05, 3.63) is 35.9 Å². The van der Waals surface area contributed by atoms with Gasteiger partial charge in [-0.05, 0) is 57.2 Å². The van der Waals surface area contributed by atoms with Crippen LogP contribution in [-0.2, 0) is 25.6 Å². The molecule has 176 valence electrons. The lowest BCUT2D eigenvalue weighted by molar-refractivity contribution is -0.132. The van der Waals surface area contributed by atoms with E-state index in [4.69, 9.17) is 14.2 Å². The van der Waals surface area contributed by atoms with Crippen molar-refractivity contribution in [2.75, 3.05) is 32.8 Å². The maximum atomic E-state index is 13.0. The molecule has 3 fully saturated rings. The predicted octanol–water partition coefficient (Wildman–Crippen LogP) is 2.22. The number of carbonyl (C=O) groups is 2. The summed E-state index contributed by atoms with van der Waals surface area (Å²) in [6.45, 7) is 3.73. The van der Waals surface area contributed by atoms with Crippen molar-refractivity contribution < 1.29 is 23.8 Å². The third kappa shape index (κ3) is 6.21. The quantitative estimate of drug-likeness (QED) is 0.669. The number of benzene rings is 1. The molecule has 0 radical (unpaired) electrons. The summed E-state index contributed by atoms with van der Waals surface area (Å²) in [5.41, 5.74) is 0.948. The van der Waals surface area contributed by atoms with Crippen molar-refractivity contribution in [3.63, 3.8) is 0 Å². The van der Waals surface area contributed by atoms with E-state index in [9.17, 15) is 9.59 Å². The number of amides is 2. The Morgan fingerprint density at radius 1 is 1.09 bits per heavy atom. The maximum absolute atomic E-state index is 13.0. The molecule has 3 atom stereocenters. The summed E-state index contributed by atoms with van der Waals surface area (Å²) in [6, 6.07) is 9.23. The second kappa shape index (κ2) is 11.6. The zero-order chi connectivity index (χ0) is 22.2. The summed E-state index contributed by atoms with van der Waals surface area (Å²) < 4.78 is 17.4. The van der Waals surface area contributed by atoms with Gasteiger partial charge in [0.1, 0.15) is 12.7 Å². The van der Waals surface area contributed by atoms with Crippen LogP contribution in [0.15, 0.2) is 30.3 Å². The minimum atomic E-state index is -0.388. The van der Waals surface area contributed by atoms with Gasteiger partial charge in [-0.15, -0.1) is 0 Å². The van der Waals surface area contributed by atoms with Crippen LogP contribution in [-0.4, -0.2) is 74.0 Å². The van der Waals surface area contributed by atoms with E-state index in [1.807, 2.05) is 30.3 Å². The molecule has 32 heavy (non-hydrogen) atoms. The van der Waals surface area contributed by atoms with Crippen molar-refractivity contribution >= 4 is 12.0 Å². The summed E-state index contributed by atoms with van der Waals surface area (Å²) in [7, 11) is 0. The molecule has 3 heterocycles. The van der Waals surface area contributed by atoms with Crippen molar-refractivity contribution in [2.45, 2.75) is 69.4 Å².